The summed E-state index contributed by atoms with van der Waals surface area (Å²) in [5, 5.41) is 10.6. The first-order valence-electron chi connectivity index (χ1n) is 8.36. The van der Waals surface area contributed by atoms with Crippen LogP contribution >= 0.6 is 0 Å². The highest BCUT2D eigenvalue weighted by Crippen LogP contribution is 2.28. The van der Waals surface area contributed by atoms with Gasteiger partial charge in [-0.3, -0.25) is 9.48 Å². The van der Waals surface area contributed by atoms with Gasteiger partial charge in [-0.05, 0) is 50.2 Å². The highest BCUT2D eigenvalue weighted by molar-refractivity contribution is 6.03. The number of nitrogens with one attached hydrogen (secondary N) is 2. The second-order valence-electron chi connectivity index (χ2n) is 6.41. The van der Waals surface area contributed by atoms with E-state index in [-0.39, 0.29) is 5.91 Å². The van der Waals surface area contributed by atoms with Crippen LogP contribution in [0, 0.1) is 5.92 Å². The van der Waals surface area contributed by atoms with Crippen LogP contribution in [0.4, 0.5) is 11.6 Å². The van der Waals surface area contributed by atoms with Crippen molar-refractivity contribution in [3.05, 3.63) is 35.7 Å². The third-order valence-electron chi connectivity index (χ3n) is 4.45. The zero-order valence-electron chi connectivity index (χ0n) is 13.1. The summed E-state index contributed by atoms with van der Waals surface area (Å²) in [6, 6.07) is 5.62. The first kappa shape index (κ1) is 14.2. The predicted molar refractivity (Wildman–Crippen MR) is 88.6 cm³/mol. The van der Waals surface area contributed by atoms with Gasteiger partial charge in [0, 0.05) is 31.0 Å². The van der Waals surface area contributed by atoms with Crippen molar-refractivity contribution in [3.8, 4) is 0 Å². The quantitative estimate of drug-likeness (QED) is 0.890. The van der Waals surface area contributed by atoms with Gasteiger partial charge in [0.2, 0.25) is 0 Å². The molecular formula is C17H21N5O. The van der Waals surface area contributed by atoms with Crippen molar-refractivity contribution >= 4 is 17.5 Å². The molecule has 3 heterocycles. The summed E-state index contributed by atoms with van der Waals surface area (Å²) in [5.74, 6) is 2.09. The molecule has 6 nitrogen and oxygen atoms in total. The molecule has 0 aromatic carbocycles. The summed E-state index contributed by atoms with van der Waals surface area (Å²) in [5.41, 5.74) is 1.75. The number of pyridine rings is 1. The van der Waals surface area contributed by atoms with E-state index >= 15 is 0 Å². The Morgan fingerprint density at radius 2 is 2.17 bits per heavy atom. The number of fused-ring (bicyclic) bond motifs is 1. The van der Waals surface area contributed by atoms with Gasteiger partial charge in [0.05, 0.1) is 5.56 Å². The molecule has 0 atom stereocenters. The van der Waals surface area contributed by atoms with Crippen LogP contribution in [0.15, 0.2) is 24.4 Å². The molecular weight excluding hydrogens is 290 g/mol. The second kappa shape index (κ2) is 6.02. The van der Waals surface area contributed by atoms with Gasteiger partial charge >= 0.3 is 0 Å². The highest BCUT2D eigenvalue weighted by atomic mass is 16.1. The number of aryl methyl sites for hydroxylation is 2. The number of anilines is 2. The van der Waals surface area contributed by atoms with E-state index in [1.807, 2.05) is 16.8 Å². The second-order valence-corrected chi connectivity index (χ2v) is 6.41. The molecule has 6 heteroatoms. The SMILES string of the molecule is O=C(Nc1cc2n(n1)CCCC2)c1ccc(NCC2CC2)nc1. The van der Waals surface area contributed by atoms with Gasteiger partial charge in [-0.1, -0.05) is 0 Å². The van der Waals surface area contributed by atoms with Crippen molar-refractivity contribution in [2.24, 2.45) is 5.92 Å². The van der Waals surface area contributed by atoms with Crippen molar-refractivity contribution in [2.45, 2.75) is 38.6 Å². The number of hydrogen-bond donors (Lipinski definition) is 2. The van der Waals surface area contributed by atoms with Crippen LogP contribution in [-0.2, 0) is 13.0 Å². The summed E-state index contributed by atoms with van der Waals surface area (Å²) in [4.78, 5) is 16.6. The van der Waals surface area contributed by atoms with Gasteiger partial charge in [-0.25, -0.2) is 4.98 Å². The fourth-order valence-corrected chi connectivity index (χ4v) is 2.87. The molecule has 1 saturated carbocycles. The number of aromatic nitrogens is 3. The van der Waals surface area contributed by atoms with Crippen LogP contribution < -0.4 is 10.6 Å². The van der Waals surface area contributed by atoms with Gasteiger partial charge in [-0.15, -0.1) is 0 Å². The average molecular weight is 311 g/mol. The molecule has 1 fully saturated rings. The Morgan fingerprint density at radius 1 is 1.26 bits per heavy atom. The summed E-state index contributed by atoms with van der Waals surface area (Å²) in [6.45, 7) is 1.91. The smallest absolute Gasteiger partial charge is 0.258 e. The molecule has 0 radical (unpaired) electrons. The average Bonchev–Trinajstić information content (AvgIpc) is 3.31. The zero-order chi connectivity index (χ0) is 15.6. The number of amides is 1. The van der Waals surface area contributed by atoms with Crippen LogP contribution in [0.2, 0.25) is 0 Å². The lowest BCUT2D eigenvalue weighted by molar-refractivity contribution is 0.102. The van der Waals surface area contributed by atoms with Gasteiger partial charge in [0.25, 0.3) is 5.91 Å². The summed E-state index contributed by atoms with van der Waals surface area (Å²) in [7, 11) is 0. The minimum Gasteiger partial charge on any atom is -0.370 e. The van der Waals surface area contributed by atoms with Gasteiger partial charge in [0.15, 0.2) is 5.82 Å². The fourth-order valence-electron chi connectivity index (χ4n) is 2.87. The molecule has 0 bridgehead atoms. The molecule has 2 aromatic heterocycles. The molecule has 0 saturated heterocycles. The first-order chi connectivity index (χ1) is 11.3. The van der Waals surface area contributed by atoms with Crippen molar-refractivity contribution in [2.75, 3.05) is 17.2 Å². The number of carbonyl (C=O) groups is 1. The molecule has 4 rings (SSSR count). The number of hydrogen-bond acceptors (Lipinski definition) is 4. The highest BCUT2D eigenvalue weighted by Gasteiger charge is 2.20. The molecule has 2 aliphatic rings. The first-order valence-corrected chi connectivity index (χ1v) is 8.36. The molecule has 120 valence electrons. The van der Waals surface area contributed by atoms with Gasteiger partial charge in [-0.2, -0.15) is 5.10 Å². The minimum absolute atomic E-state index is 0.165. The largest absolute Gasteiger partial charge is 0.370 e. The Balaban J connectivity index is 1.38. The third-order valence-corrected chi connectivity index (χ3v) is 4.45. The summed E-state index contributed by atoms with van der Waals surface area (Å²) >= 11 is 0. The molecule has 1 aliphatic carbocycles. The third kappa shape index (κ3) is 3.36. The maximum Gasteiger partial charge on any atom is 0.258 e. The number of nitrogens with zero attached hydrogens (tertiary/aromatic N) is 3. The van der Waals surface area contributed by atoms with E-state index in [4.69, 9.17) is 0 Å². The normalized spacial score (nSPS) is 16.7. The van der Waals surface area contributed by atoms with Crippen LogP contribution in [-0.4, -0.2) is 27.2 Å². The van der Waals surface area contributed by atoms with E-state index in [0.717, 1.165) is 37.7 Å². The lowest BCUT2D eigenvalue weighted by Gasteiger charge is -2.11. The van der Waals surface area contributed by atoms with Crippen LogP contribution in [0.1, 0.15) is 41.7 Å². The molecule has 1 amide bonds. The maximum absolute atomic E-state index is 12.3. The topological polar surface area (TPSA) is 71.8 Å². The summed E-state index contributed by atoms with van der Waals surface area (Å²) in [6.07, 6.45) is 7.61. The zero-order valence-corrected chi connectivity index (χ0v) is 13.1. The van der Waals surface area contributed by atoms with E-state index in [1.165, 1.54) is 25.0 Å². The lowest BCUT2D eigenvalue weighted by Crippen LogP contribution is -2.14. The maximum atomic E-state index is 12.3. The van der Waals surface area contributed by atoms with Crippen LogP contribution in [0.5, 0.6) is 0 Å². The van der Waals surface area contributed by atoms with E-state index in [0.29, 0.717) is 11.4 Å². The summed E-state index contributed by atoms with van der Waals surface area (Å²) < 4.78 is 1.99. The number of carbonyl (C=O) groups excluding carboxylic acids is 1. The molecule has 1 aliphatic heterocycles. The Kier molecular flexibility index (Phi) is 3.73. The molecule has 2 aromatic rings. The standard InChI is InChI=1S/C17H21N5O/c23-17(20-16-9-14-3-1-2-8-22(14)21-16)13-6-7-15(19-11-13)18-10-12-4-5-12/h6-7,9,11-12H,1-5,8,10H2,(H,18,19)(H,20,21,23). The van der Waals surface area contributed by atoms with Gasteiger partial charge < -0.3 is 10.6 Å². The van der Waals surface area contributed by atoms with Crippen LogP contribution in [0.3, 0.4) is 0 Å². The molecule has 2 N–H and O–H groups in total. The van der Waals surface area contributed by atoms with Crippen molar-refractivity contribution in [1.82, 2.24) is 14.8 Å². The Morgan fingerprint density at radius 3 is 2.91 bits per heavy atom. The van der Waals surface area contributed by atoms with Crippen molar-refractivity contribution in [3.63, 3.8) is 0 Å². The van der Waals surface area contributed by atoms with E-state index < -0.39 is 0 Å². The van der Waals surface area contributed by atoms with Gasteiger partial charge in [0.1, 0.15) is 5.82 Å². The number of rotatable bonds is 5. The molecule has 0 unspecified atom stereocenters. The minimum atomic E-state index is -0.165. The van der Waals surface area contributed by atoms with Crippen molar-refractivity contribution < 1.29 is 4.79 Å². The van der Waals surface area contributed by atoms with E-state index in [2.05, 4.69) is 20.7 Å². The van der Waals surface area contributed by atoms with E-state index in [1.54, 1.807) is 12.3 Å². The Hall–Kier alpha value is -2.37. The van der Waals surface area contributed by atoms with Crippen molar-refractivity contribution in [1.29, 1.82) is 0 Å². The molecule has 0 spiro atoms. The van der Waals surface area contributed by atoms with Crippen LogP contribution in [0.25, 0.3) is 0 Å². The Labute approximate surface area is 135 Å². The fraction of sp³-hybridized carbons (Fsp3) is 0.471. The predicted octanol–water partition coefficient (Wildman–Crippen LogP) is 2.69. The molecule has 23 heavy (non-hydrogen) atoms. The monoisotopic (exact) mass is 311 g/mol. The Bertz CT molecular complexity index is 679. The van der Waals surface area contributed by atoms with E-state index in [9.17, 15) is 4.79 Å². The lowest BCUT2D eigenvalue weighted by atomic mass is 10.1.